The standard InChI is InChI=1S/C15H11Cl/c16-15-11-9-14(10-12-15)8-7-13-5-3-1-2-4-6-13/h1-6,9-13H. The van der Waals surface area contributed by atoms with Crippen LogP contribution in [0.5, 0.6) is 0 Å². The van der Waals surface area contributed by atoms with E-state index in [1.807, 2.05) is 48.6 Å². The Hall–Kier alpha value is -1.71. The van der Waals surface area contributed by atoms with Crippen LogP contribution in [0.2, 0.25) is 5.02 Å². The van der Waals surface area contributed by atoms with Gasteiger partial charge >= 0.3 is 0 Å². The highest BCUT2D eigenvalue weighted by Gasteiger charge is 1.94. The lowest BCUT2D eigenvalue weighted by atomic mass is 10.1. The fourth-order valence-electron chi connectivity index (χ4n) is 1.36. The normalized spacial score (nSPS) is 14.3. The molecule has 0 bridgehead atoms. The van der Waals surface area contributed by atoms with Crippen molar-refractivity contribution < 1.29 is 0 Å². The van der Waals surface area contributed by atoms with Crippen molar-refractivity contribution in [3.63, 3.8) is 0 Å². The second-order valence-electron chi connectivity index (χ2n) is 3.46. The lowest BCUT2D eigenvalue weighted by Crippen LogP contribution is -1.85. The summed E-state index contributed by atoms with van der Waals surface area (Å²) >= 11 is 5.80. The molecule has 78 valence electrons. The molecule has 0 unspecified atom stereocenters. The molecular formula is C15H11Cl. The van der Waals surface area contributed by atoms with E-state index in [1.165, 1.54) is 0 Å². The van der Waals surface area contributed by atoms with E-state index in [0.717, 1.165) is 10.6 Å². The lowest BCUT2D eigenvalue weighted by molar-refractivity contribution is 1.12. The second-order valence-corrected chi connectivity index (χ2v) is 3.89. The van der Waals surface area contributed by atoms with Crippen LogP contribution in [-0.2, 0) is 0 Å². The van der Waals surface area contributed by atoms with Crippen LogP contribution < -0.4 is 0 Å². The Bertz CT molecular complexity index is 476. The van der Waals surface area contributed by atoms with Gasteiger partial charge in [-0.3, -0.25) is 0 Å². The highest BCUT2D eigenvalue weighted by molar-refractivity contribution is 6.30. The zero-order chi connectivity index (χ0) is 11.2. The minimum Gasteiger partial charge on any atom is -0.0861 e. The Labute approximate surface area is 101 Å². The molecule has 0 aliphatic heterocycles. The molecule has 1 aromatic carbocycles. The molecule has 1 heteroatoms. The van der Waals surface area contributed by atoms with Gasteiger partial charge in [0.25, 0.3) is 0 Å². The highest BCUT2D eigenvalue weighted by Crippen LogP contribution is 2.09. The third-order valence-electron chi connectivity index (χ3n) is 2.20. The summed E-state index contributed by atoms with van der Waals surface area (Å²) in [6.45, 7) is 0. The van der Waals surface area contributed by atoms with Gasteiger partial charge in [0.15, 0.2) is 0 Å². The number of rotatable bonds is 0. The van der Waals surface area contributed by atoms with Gasteiger partial charge in [-0.15, -0.1) is 0 Å². The van der Waals surface area contributed by atoms with Gasteiger partial charge < -0.3 is 0 Å². The molecule has 1 aliphatic rings. The van der Waals surface area contributed by atoms with E-state index in [-0.39, 0.29) is 5.92 Å². The molecule has 0 N–H and O–H groups in total. The summed E-state index contributed by atoms with van der Waals surface area (Å²) in [6.07, 6.45) is 12.2. The summed E-state index contributed by atoms with van der Waals surface area (Å²) < 4.78 is 0. The molecule has 0 amide bonds. The van der Waals surface area contributed by atoms with Gasteiger partial charge in [0.1, 0.15) is 0 Å². The van der Waals surface area contributed by atoms with Gasteiger partial charge in [-0.1, -0.05) is 59.9 Å². The predicted octanol–water partition coefficient (Wildman–Crippen LogP) is 3.99. The maximum Gasteiger partial charge on any atom is 0.0573 e. The van der Waals surface area contributed by atoms with E-state index < -0.39 is 0 Å². The summed E-state index contributed by atoms with van der Waals surface area (Å²) in [5, 5.41) is 0.740. The molecule has 0 heterocycles. The van der Waals surface area contributed by atoms with Crippen LogP contribution >= 0.6 is 11.6 Å². The molecular weight excluding hydrogens is 216 g/mol. The van der Waals surface area contributed by atoms with Crippen LogP contribution in [0.15, 0.2) is 60.7 Å². The predicted molar refractivity (Wildman–Crippen MR) is 69.2 cm³/mol. The SMILES string of the molecule is Clc1ccc(C#CC2C=CC=CC=C2)cc1. The van der Waals surface area contributed by atoms with Crippen LogP contribution in [0, 0.1) is 17.8 Å². The zero-order valence-electron chi connectivity index (χ0n) is 8.73. The highest BCUT2D eigenvalue weighted by atomic mass is 35.5. The first-order valence-corrected chi connectivity index (χ1v) is 5.51. The largest absolute Gasteiger partial charge is 0.0861 e. The second kappa shape index (κ2) is 5.39. The first kappa shape index (κ1) is 10.8. The molecule has 0 fully saturated rings. The third kappa shape index (κ3) is 3.15. The van der Waals surface area contributed by atoms with Gasteiger partial charge in [0.05, 0.1) is 5.92 Å². The Morgan fingerprint density at radius 3 is 2.12 bits per heavy atom. The van der Waals surface area contributed by atoms with Crippen molar-refractivity contribution in [1.29, 1.82) is 0 Å². The van der Waals surface area contributed by atoms with Crippen molar-refractivity contribution in [3.8, 4) is 11.8 Å². The van der Waals surface area contributed by atoms with E-state index in [0.29, 0.717) is 0 Å². The summed E-state index contributed by atoms with van der Waals surface area (Å²) in [4.78, 5) is 0. The zero-order valence-corrected chi connectivity index (χ0v) is 9.48. The number of halogens is 1. The molecule has 16 heavy (non-hydrogen) atoms. The molecule has 0 nitrogen and oxygen atoms in total. The van der Waals surface area contributed by atoms with E-state index in [9.17, 15) is 0 Å². The van der Waals surface area contributed by atoms with Crippen molar-refractivity contribution in [2.45, 2.75) is 0 Å². The number of benzene rings is 1. The first-order chi connectivity index (χ1) is 7.84. The van der Waals surface area contributed by atoms with E-state index >= 15 is 0 Å². The molecule has 0 saturated heterocycles. The molecule has 1 aliphatic carbocycles. The summed E-state index contributed by atoms with van der Waals surface area (Å²) in [5.74, 6) is 6.51. The fourth-order valence-corrected chi connectivity index (χ4v) is 1.48. The monoisotopic (exact) mass is 226 g/mol. The van der Waals surface area contributed by atoms with Gasteiger partial charge in [-0.25, -0.2) is 0 Å². The summed E-state index contributed by atoms with van der Waals surface area (Å²) in [7, 11) is 0. The van der Waals surface area contributed by atoms with Crippen LogP contribution in [0.4, 0.5) is 0 Å². The van der Waals surface area contributed by atoms with Gasteiger partial charge in [-0.05, 0) is 24.3 Å². The molecule has 0 saturated carbocycles. The first-order valence-electron chi connectivity index (χ1n) is 5.13. The quantitative estimate of drug-likeness (QED) is 0.587. The average molecular weight is 227 g/mol. The van der Waals surface area contributed by atoms with E-state index in [2.05, 4.69) is 24.0 Å². The Balaban J connectivity index is 2.12. The Morgan fingerprint density at radius 2 is 1.50 bits per heavy atom. The minimum atomic E-state index is 0.186. The van der Waals surface area contributed by atoms with Gasteiger partial charge in [0.2, 0.25) is 0 Å². The number of hydrogen-bond acceptors (Lipinski definition) is 0. The third-order valence-corrected chi connectivity index (χ3v) is 2.45. The maximum absolute atomic E-state index is 5.80. The Morgan fingerprint density at radius 1 is 0.875 bits per heavy atom. The van der Waals surface area contributed by atoms with Crippen LogP contribution in [0.25, 0.3) is 0 Å². The summed E-state index contributed by atoms with van der Waals surface area (Å²) in [5.41, 5.74) is 0.989. The number of hydrogen-bond donors (Lipinski definition) is 0. The number of allylic oxidation sites excluding steroid dienone is 6. The van der Waals surface area contributed by atoms with Gasteiger partial charge in [-0.2, -0.15) is 0 Å². The molecule has 0 radical (unpaired) electrons. The van der Waals surface area contributed by atoms with E-state index in [4.69, 9.17) is 11.6 Å². The van der Waals surface area contributed by atoms with Crippen molar-refractivity contribution >= 4 is 11.6 Å². The van der Waals surface area contributed by atoms with Crippen LogP contribution in [-0.4, -0.2) is 0 Å². The van der Waals surface area contributed by atoms with Crippen molar-refractivity contribution in [2.75, 3.05) is 0 Å². The minimum absolute atomic E-state index is 0.186. The Kier molecular flexibility index (Phi) is 3.64. The van der Waals surface area contributed by atoms with Gasteiger partial charge in [0, 0.05) is 10.6 Å². The average Bonchev–Trinajstić information content (AvgIpc) is 2.57. The molecule has 0 atom stereocenters. The molecule has 0 aromatic heterocycles. The van der Waals surface area contributed by atoms with E-state index in [1.54, 1.807) is 0 Å². The van der Waals surface area contributed by atoms with Crippen LogP contribution in [0.3, 0.4) is 0 Å². The van der Waals surface area contributed by atoms with Crippen molar-refractivity contribution in [2.24, 2.45) is 5.92 Å². The van der Waals surface area contributed by atoms with Crippen LogP contribution in [0.1, 0.15) is 5.56 Å². The topological polar surface area (TPSA) is 0 Å². The van der Waals surface area contributed by atoms with Crippen molar-refractivity contribution in [1.82, 2.24) is 0 Å². The molecule has 2 rings (SSSR count). The smallest absolute Gasteiger partial charge is 0.0573 e. The maximum atomic E-state index is 5.80. The molecule has 1 aromatic rings. The van der Waals surface area contributed by atoms with Crippen molar-refractivity contribution in [3.05, 3.63) is 71.3 Å². The summed E-state index contributed by atoms with van der Waals surface area (Å²) in [6, 6.07) is 7.56. The fraction of sp³-hybridized carbons (Fsp3) is 0.0667. The molecule has 0 spiro atoms. The lowest BCUT2D eigenvalue weighted by Gasteiger charge is -1.94.